The number of aryl methyl sites for hydroxylation is 1. The highest BCUT2D eigenvalue weighted by atomic mass is 35.5. The molecule has 0 aliphatic carbocycles. The van der Waals surface area contributed by atoms with Gasteiger partial charge in [-0.1, -0.05) is 11.6 Å². The van der Waals surface area contributed by atoms with E-state index in [4.69, 9.17) is 21.1 Å². The summed E-state index contributed by atoms with van der Waals surface area (Å²) in [5.41, 5.74) is 4.22. The molecule has 1 aliphatic heterocycles. The van der Waals surface area contributed by atoms with Crippen LogP contribution < -0.4 is 14.8 Å². The molecule has 11 heteroatoms. The van der Waals surface area contributed by atoms with Gasteiger partial charge in [-0.15, -0.1) is 10.2 Å². The minimum Gasteiger partial charge on any atom is -0.489 e. The maximum atomic E-state index is 14.7. The SMILES string of the molecule is Cc1cc(-c2cc(OC(=O)c3cccnc3)ccc2Cl)cc2nnc(Nc3ccc(OCCN4CCCC4)c(F)c3)nc12. The molecule has 2 aromatic heterocycles. The average molecular weight is 599 g/mol. The number of nitrogens with zero attached hydrogens (tertiary/aromatic N) is 5. The van der Waals surface area contributed by atoms with Crippen LogP contribution in [0.1, 0.15) is 28.8 Å². The molecule has 0 radical (unpaired) electrons. The van der Waals surface area contributed by atoms with Gasteiger partial charge in [0.1, 0.15) is 17.9 Å². The van der Waals surface area contributed by atoms with Gasteiger partial charge in [-0.2, -0.15) is 0 Å². The van der Waals surface area contributed by atoms with Crippen LogP contribution in [0.15, 0.2) is 73.1 Å². The first kappa shape index (κ1) is 28.4. The van der Waals surface area contributed by atoms with Gasteiger partial charge in [0.2, 0.25) is 5.95 Å². The van der Waals surface area contributed by atoms with Gasteiger partial charge in [-0.05, 0) is 98.6 Å². The molecule has 43 heavy (non-hydrogen) atoms. The van der Waals surface area contributed by atoms with Gasteiger partial charge in [0.25, 0.3) is 0 Å². The molecular weight excluding hydrogens is 571 g/mol. The van der Waals surface area contributed by atoms with Crippen LogP contribution in [-0.2, 0) is 0 Å². The van der Waals surface area contributed by atoms with E-state index in [1.165, 1.54) is 25.1 Å². The van der Waals surface area contributed by atoms with Crippen LogP contribution in [0.25, 0.3) is 22.2 Å². The summed E-state index contributed by atoms with van der Waals surface area (Å²) in [6, 6.07) is 16.7. The van der Waals surface area contributed by atoms with Gasteiger partial charge in [0.15, 0.2) is 11.6 Å². The summed E-state index contributed by atoms with van der Waals surface area (Å²) >= 11 is 6.53. The Morgan fingerprint density at radius 1 is 1.07 bits per heavy atom. The molecule has 5 aromatic rings. The zero-order chi connectivity index (χ0) is 29.8. The van der Waals surface area contributed by atoms with E-state index in [0.717, 1.165) is 30.8 Å². The third-order valence-electron chi connectivity index (χ3n) is 7.16. The number of carbonyl (C=O) groups is 1. The van der Waals surface area contributed by atoms with Crippen molar-refractivity contribution in [3.8, 4) is 22.6 Å². The number of anilines is 2. The zero-order valence-corrected chi connectivity index (χ0v) is 24.1. The summed E-state index contributed by atoms with van der Waals surface area (Å²) in [4.78, 5) is 23.4. The number of carbonyl (C=O) groups excluding carboxylic acids is 1. The second kappa shape index (κ2) is 12.7. The van der Waals surface area contributed by atoms with Crippen molar-refractivity contribution in [1.29, 1.82) is 0 Å². The topological polar surface area (TPSA) is 102 Å². The van der Waals surface area contributed by atoms with Crippen molar-refractivity contribution in [3.63, 3.8) is 0 Å². The van der Waals surface area contributed by atoms with E-state index in [1.54, 1.807) is 48.7 Å². The molecule has 1 fully saturated rings. The minimum absolute atomic E-state index is 0.209. The van der Waals surface area contributed by atoms with Crippen LogP contribution in [0.5, 0.6) is 11.5 Å². The van der Waals surface area contributed by atoms with Crippen molar-refractivity contribution in [2.24, 2.45) is 0 Å². The van der Waals surface area contributed by atoms with Gasteiger partial charge in [-0.25, -0.2) is 14.2 Å². The van der Waals surface area contributed by atoms with E-state index in [0.29, 0.717) is 45.2 Å². The molecule has 0 spiro atoms. The Morgan fingerprint density at radius 3 is 2.72 bits per heavy atom. The molecule has 1 N–H and O–H groups in total. The molecule has 218 valence electrons. The van der Waals surface area contributed by atoms with Crippen LogP contribution in [0, 0.1) is 12.7 Å². The number of hydrogen-bond donors (Lipinski definition) is 1. The number of esters is 1. The molecule has 3 aromatic carbocycles. The van der Waals surface area contributed by atoms with Crippen molar-refractivity contribution in [3.05, 3.63) is 95.0 Å². The Hall–Kier alpha value is -4.67. The van der Waals surface area contributed by atoms with Gasteiger partial charge < -0.3 is 14.8 Å². The molecule has 0 atom stereocenters. The maximum Gasteiger partial charge on any atom is 0.345 e. The van der Waals surface area contributed by atoms with Gasteiger partial charge in [0.05, 0.1) is 11.1 Å². The average Bonchev–Trinajstić information content (AvgIpc) is 3.53. The predicted molar refractivity (Wildman–Crippen MR) is 163 cm³/mol. The molecule has 3 heterocycles. The normalized spacial score (nSPS) is 13.3. The number of fused-ring (bicyclic) bond motifs is 1. The third-order valence-corrected chi connectivity index (χ3v) is 7.49. The predicted octanol–water partition coefficient (Wildman–Crippen LogP) is 6.63. The summed E-state index contributed by atoms with van der Waals surface area (Å²) in [5, 5.41) is 12.0. The number of benzene rings is 3. The largest absolute Gasteiger partial charge is 0.489 e. The lowest BCUT2D eigenvalue weighted by molar-refractivity contribution is 0.0734. The standard InChI is InChI=1S/C32H28ClFN6O3/c1-20-15-22(25-18-24(7-8-26(25)33)43-31(41)21-5-4-10-35-19-21)16-28-30(20)37-32(39-38-28)36-23-6-9-29(27(34)17-23)42-14-13-40-11-2-3-12-40/h4-10,15-19H,2-3,11-14H2,1H3,(H,36,37,39). The molecule has 0 saturated carbocycles. The lowest BCUT2D eigenvalue weighted by Crippen LogP contribution is -2.25. The van der Waals surface area contributed by atoms with E-state index < -0.39 is 11.8 Å². The Morgan fingerprint density at radius 2 is 1.93 bits per heavy atom. The number of likely N-dealkylation sites (tertiary alicyclic amines) is 1. The van der Waals surface area contributed by atoms with Gasteiger partial charge in [0, 0.05) is 41.3 Å². The molecule has 1 saturated heterocycles. The molecule has 9 nitrogen and oxygen atoms in total. The van der Waals surface area contributed by atoms with E-state index >= 15 is 0 Å². The summed E-state index contributed by atoms with van der Waals surface area (Å²) in [7, 11) is 0. The smallest absolute Gasteiger partial charge is 0.345 e. The molecule has 0 amide bonds. The highest BCUT2D eigenvalue weighted by Crippen LogP contribution is 2.34. The first-order valence-electron chi connectivity index (χ1n) is 13.9. The van der Waals surface area contributed by atoms with E-state index in [-0.39, 0.29) is 11.7 Å². The fourth-order valence-electron chi connectivity index (χ4n) is 4.97. The summed E-state index contributed by atoms with van der Waals surface area (Å²) in [5.74, 6) is -0.213. The van der Waals surface area contributed by atoms with Crippen molar-refractivity contribution in [2.75, 3.05) is 31.6 Å². The highest BCUT2D eigenvalue weighted by molar-refractivity contribution is 6.33. The molecule has 6 rings (SSSR count). The van der Waals surface area contributed by atoms with Crippen molar-refractivity contribution in [1.82, 2.24) is 25.1 Å². The van der Waals surface area contributed by atoms with Gasteiger partial charge in [-0.3, -0.25) is 9.88 Å². The number of pyridine rings is 1. The molecule has 1 aliphatic rings. The summed E-state index contributed by atoms with van der Waals surface area (Å²) in [6.45, 7) is 5.27. The minimum atomic E-state index is -0.522. The molecular formula is C32H28ClFN6O3. The molecule has 0 unspecified atom stereocenters. The van der Waals surface area contributed by atoms with Crippen LogP contribution >= 0.6 is 11.6 Å². The van der Waals surface area contributed by atoms with Crippen LogP contribution in [0.2, 0.25) is 5.02 Å². The second-order valence-electron chi connectivity index (χ2n) is 10.2. The number of nitrogens with one attached hydrogen (secondary N) is 1. The first-order chi connectivity index (χ1) is 20.9. The van der Waals surface area contributed by atoms with E-state index in [9.17, 15) is 9.18 Å². The maximum absolute atomic E-state index is 14.7. The number of halogens is 2. The lowest BCUT2D eigenvalue weighted by atomic mass is 10.0. The summed E-state index contributed by atoms with van der Waals surface area (Å²) < 4.78 is 25.9. The van der Waals surface area contributed by atoms with Crippen LogP contribution in [0.4, 0.5) is 16.0 Å². The van der Waals surface area contributed by atoms with E-state index in [2.05, 4.69) is 30.4 Å². The fraction of sp³-hybridized carbons (Fsp3) is 0.219. The summed E-state index contributed by atoms with van der Waals surface area (Å²) in [6.07, 6.45) is 5.43. The monoisotopic (exact) mass is 598 g/mol. The Balaban J connectivity index is 1.17. The number of hydrogen-bond acceptors (Lipinski definition) is 9. The van der Waals surface area contributed by atoms with Crippen molar-refractivity contribution >= 4 is 40.2 Å². The molecule has 0 bridgehead atoms. The Kier molecular flexibility index (Phi) is 8.39. The zero-order valence-electron chi connectivity index (χ0n) is 23.4. The number of rotatable bonds is 9. The van der Waals surface area contributed by atoms with Crippen molar-refractivity contribution in [2.45, 2.75) is 19.8 Å². The van der Waals surface area contributed by atoms with E-state index in [1.807, 2.05) is 19.1 Å². The van der Waals surface area contributed by atoms with Crippen LogP contribution in [-0.4, -0.2) is 57.3 Å². The second-order valence-corrected chi connectivity index (χ2v) is 10.6. The number of ether oxygens (including phenoxy) is 2. The van der Waals surface area contributed by atoms with Crippen LogP contribution in [0.3, 0.4) is 0 Å². The quantitative estimate of drug-likeness (QED) is 0.148. The number of aromatic nitrogens is 4. The highest BCUT2D eigenvalue weighted by Gasteiger charge is 2.15. The van der Waals surface area contributed by atoms with Crippen molar-refractivity contribution < 1.29 is 18.7 Å². The third kappa shape index (κ3) is 6.71. The Labute approximate surface area is 252 Å². The fourth-order valence-corrected chi connectivity index (χ4v) is 5.20. The lowest BCUT2D eigenvalue weighted by Gasteiger charge is -2.15. The first-order valence-corrected chi connectivity index (χ1v) is 14.3. The van der Waals surface area contributed by atoms with Gasteiger partial charge >= 0.3 is 5.97 Å². The Bertz CT molecular complexity index is 1780.